The molecule has 3 rings (SSSR count). The van der Waals surface area contributed by atoms with E-state index in [1.54, 1.807) is 0 Å². The quantitative estimate of drug-likeness (QED) is 0.925. The Kier molecular flexibility index (Phi) is 3.13. The van der Waals surface area contributed by atoms with Gasteiger partial charge in [-0.1, -0.05) is 35.0 Å². The molecule has 1 aliphatic carbocycles. The number of nitrogens with two attached hydrogens (primary N) is 1. The van der Waals surface area contributed by atoms with Gasteiger partial charge in [0.1, 0.15) is 17.3 Å². The van der Waals surface area contributed by atoms with Crippen molar-refractivity contribution in [2.45, 2.75) is 39.2 Å². The average molecular weight is 320 g/mol. The van der Waals surface area contributed by atoms with Crippen molar-refractivity contribution in [1.29, 1.82) is 0 Å². The molecule has 1 heterocycles. The van der Waals surface area contributed by atoms with Gasteiger partial charge in [0.2, 0.25) is 0 Å². The number of aryl methyl sites for hydroxylation is 2. The molecule has 0 amide bonds. The van der Waals surface area contributed by atoms with Gasteiger partial charge in [-0.25, -0.2) is 4.98 Å². The van der Waals surface area contributed by atoms with E-state index >= 15 is 0 Å². The SMILES string of the molecule is CCc1nc(-c2ccc(C)cc2Br)c(N)n1C1CC1. The van der Waals surface area contributed by atoms with E-state index in [2.05, 4.69) is 52.5 Å². The topological polar surface area (TPSA) is 43.8 Å². The van der Waals surface area contributed by atoms with Crippen LogP contribution in [0.1, 0.15) is 37.2 Å². The molecule has 0 bridgehead atoms. The van der Waals surface area contributed by atoms with Crippen molar-refractivity contribution in [2.24, 2.45) is 0 Å². The standard InChI is InChI=1S/C15H18BrN3/c1-3-13-18-14(15(17)19(13)10-5-6-10)11-7-4-9(2)8-12(11)16/h4,7-8,10H,3,5-6,17H2,1-2H3. The minimum atomic E-state index is 0.570. The number of nitrogens with zero attached hydrogens (tertiary/aromatic N) is 2. The zero-order valence-electron chi connectivity index (χ0n) is 11.3. The third-order valence-corrected chi connectivity index (χ3v) is 4.29. The van der Waals surface area contributed by atoms with Crippen LogP contribution in [-0.2, 0) is 6.42 Å². The van der Waals surface area contributed by atoms with Crippen LogP contribution in [0.5, 0.6) is 0 Å². The summed E-state index contributed by atoms with van der Waals surface area (Å²) in [5.41, 5.74) is 9.56. The monoisotopic (exact) mass is 319 g/mol. The Hall–Kier alpha value is -1.29. The number of rotatable bonds is 3. The minimum Gasteiger partial charge on any atom is -0.383 e. The number of imidazole rings is 1. The largest absolute Gasteiger partial charge is 0.383 e. The summed E-state index contributed by atoms with van der Waals surface area (Å²) in [6.45, 7) is 4.22. The molecule has 1 aliphatic rings. The summed E-state index contributed by atoms with van der Waals surface area (Å²) >= 11 is 3.62. The summed E-state index contributed by atoms with van der Waals surface area (Å²) in [4.78, 5) is 4.76. The Labute approximate surface area is 122 Å². The molecule has 2 aromatic rings. The Bertz CT molecular complexity index is 627. The maximum absolute atomic E-state index is 6.34. The predicted molar refractivity (Wildman–Crippen MR) is 82.2 cm³/mol. The van der Waals surface area contributed by atoms with Crippen molar-refractivity contribution in [3.8, 4) is 11.3 Å². The average Bonchev–Trinajstić information content (AvgIpc) is 3.14. The van der Waals surface area contributed by atoms with Gasteiger partial charge in [-0.2, -0.15) is 0 Å². The Morgan fingerprint density at radius 3 is 2.74 bits per heavy atom. The van der Waals surface area contributed by atoms with E-state index in [1.165, 1.54) is 18.4 Å². The summed E-state index contributed by atoms with van der Waals surface area (Å²) in [6.07, 6.45) is 3.37. The highest BCUT2D eigenvalue weighted by Gasteiger charge is 2.29. The van der Waals surface area contributed by atoms with Crippen LogP contribution in [0.15, 0.2) is 22.7 Å². The van der Waals surface area contributed by atoms with E-state index in [4.69, 9.17) is 10.7 Å². The van der Waals surface area contributed by atoms with Gasteiger partial charge in [-0.3, -0.25) is 0 Å². The number of benzene rings is 1. The summed E-state index contributed by atoms with van der Waals surface area (Å²) in [7, 11) is 0. The fraction of sp³-hybridized carbons (Fsp3) is 0.400. The van der Waals surface area contributed by atoms with Crippen LogP contribution in [0, 0.1) is 6.92 Å². The highest BCUT2D eigenvalue weighted by Crippen LogP contribution is 2.42. The lowest BCUT2D eigenvalue weighted by atomic mass is 10.1. The van der Waals surface area contributed by atoms with Crippen LogP contribution in [0.4, 0.5) is 5.82 Å². The van der Waals surface area contributed by atoms with Crippen LogP contribution < -0.4 is 5.73 Å². The molecule has 2 N–H and O–H groups in total. The highest BCUT2D eigenvalue weighted by atomic mass is 79.9. The van der Waals surface area contributed by atoms with Crippen LogP contribution in [0.3, 0.4) is 0 Å². The van der Waals surface area contributed by atoms with E-state index in [1.807, 2.05) is 0 Å². The van der Waals surface area contributed by atoms with E-state index in [0.29, 0.717) is 6.04 Å². The van der Waals surface area contributed by atoms with Gasteiger partial charge in [-0.05, 0) is 31.4 Å². The Balaban J connectivity index is 2.14. The van der Waals surface area contributed by atoms with E-state index in [0.717, 1.165) is 33.8 Å². The first kappa shape index (κ1) is 12.7. The van der Waals surface area contributed by atoms with Gasteiger partial charge in [-0.15, -0.1) is 0 Å². The lowest BCUT2D eigenvalue weighted by Gasteiger charge is -2.07. The third-order valence-electron chi connectivity index (χ3n) is 3.63. The van der Waals surface area contributed by atoms with Gasteiger partial charge in [0.05, 0.1) is 0 Å². The van der Waals surface area contributed by atoms with Crippen LogP contribution in [-0.4, -0.2) is 9.55 Å². The molecule has 1 fully saturated rings. The lowest BCUT2D eigenvalue weighted by molar-refractivity contribution is 0.696. The molecule has 4 heteroatoms. The molecule has 1 saturated carbocycles. The van der Waals surface area contributed by atoms with Crippen LogP contribution in [0.2, 0.25) is 0 Å². The smallest absolute Gasteiger partial charge is 0.132 e. The lowest BCUT2D eigenvalue weighted by Crippen LogP contribution is -2.04. The number of anilines is 1. The first-order chi connectivity index (χ1) is 9.11. The van der Waals surface area contributed by atoms with Crippen molar-refractivity contribution in [3.05, 3.63) is 34.1 Å². The molecular formula is C15H18BrN3. The second-order valence-electron chi connectivity index (χ2n) is 5.20. The number of halogens is 1. The van der Waals surface area contributed by atoms with E-state index in [9.17, 15) is 0 Å². The third kappa shape index (κ3) is 2.18. The summed E-state index contributed by atoms with van der Waals surface area (Å²) in [5, 5.41) is 0. The minimum absolute atomic E-state index is 0.570. The van der Waals surface area contributed by atoms with E-state index < -0.39 is 0 Å². The molecule has 0 atom stereocenters. The number of nitrogen functional groups attached to an aromatic ring is 1. The van der Waals surface area contributed by atoms with Crippen LogP contribution in [0.25, 0.3) is 11.3 Å². The summed E-state index contributed by atoms with van der Waals surface area (Å²) < 4.78 is 3.28. The molecule has 0 saturated heterocycles. The molecule has 3 nitrogen and oxygen atoms in total. The van der Waals surface area contributed by atoms with Gasteiger partial charge in [0.15, 0.2) is 0 Å². The first-order valence-corrected chi connectivity index (χ1v) is 7.54. The maximum Gasteiger partial charge on any atom is 0.132 e. The zero-order chi connectivity index (χ0) is 13.6. The van der Waals surface area contributed by atoms with Gasteiger partial charge in [0.25, 0.3) is 0 Å². The molecule has 19 heavy (non-hydrogen) atoms. The number of hydrogen-bond acceptors (Lipinski definition) is 2. The molecule has 1 aromatic carbocycles. The molecule has 1 aromatic heterocycles. The number of hydrogen-bond donors (Lipinski definition) is 1. The second-order valence-corrected chi connectivity index (χ2v) is 6.05. The van der Waals surface area contributed by atoms with Crippen molar-refractivity contribution in [3.63, 3.8) is 0 Å². The molecule has 100 valence electrons. The fourth-order valence-electron chi connectivity index (χ4n) is 2.49. The molecule has 0 radical (unpaired) electrons. The van der Waals surface area contributed by atoms with Crippen molar-refractivity contribution >= 4 is 21.7 Å². The van der Waals surface area contributed by atoms with Gasteiger partial charge >= 0.3 is 0 Å². The van der Waals surface area contributed by atoms with Crippen molar-refractivity contribution in [1.82, 2.24) is 9.55 Å². The molecule has 0 unspecified atom stereocenters. The number of aromatic nitrogens is 2. The molecular weight excluding hydrogens is 302 g/mol. The highest BCUT2D eigenvalue weighted by molar-refractivity contribution is 9.10. The molecule has 0 aliphatic heterocycles. The first-order valence-electron chi connectivity index (χ1n) is 6.75. The Morgan fingerprint density at radius 1 is 1.42 bits per heavy atom. The fourth-order valence-corrected chi connectivity index (χ4v) is 3.17. The van der Waals surface area contributed by atoms with Crippen molar-refractivity contribution in [2.75, 3.05) is 5.73 Å². The van der Waals surface area contributed by atoms with Crippen LogP contribution >= 0.6 is 15.9 Å². The zero-order valence-corrected chi connectivity index (χ0v) is 12.9. The van der Waals surface area contributed by atoms with Gasteiger partial charge in [0, 0.05) is 22.5 Å². The Morgan fingerprint density at radius 2 is 2.16 bits per heavy atom. The van der Waals surface area contributed by atoms with Crippen molar-refractivity contribution < 1.29 is 0 Å². The predicted octanol–water partition coefficient (Wildman–Crippen LogP) is 4.10. The molecule has 0 spiro atoms. The maximum atomic E-state index is 6.34. The van der Waals surface area contributed by atoms with Gasteiger partial charge < -0.3 is 10.3 Å². The normalized spacial score (nSPS) is 14.9. The van der Waals surface area contributed by atoms with E-state index in [-0.39, 0.29) is 0 Å². The summed E-state index contributed by atoms with van der Waals surface area (Å²) in [5.74, 6) is 1.91. The second kappa shape index (κ2) is 4.67. The summed E-state index contributed by atoms with van der Waals surface area (Å²) in [6, 6.07) is 6.87.